The third-order valence-corrected chi connectivity index (χ3v) is 3.21. The lowest BCUT2D eigenvalue weighted by Crippen LogP contribution is -2.08. The molecule has 0 saturated heterocycles. The van der Waals surface area contributed by atoms with Crippen LogP contribution in [0, 0.1) is 6.92 Å². The van der Waals surface area contributed by atoms with Crippen molar-refractivity contribution in [3.63, 3.8) is 0 Å². The number of sulfone groups is 1. The van der Waals surface area contributed by atoms with Gasteiger partial charge in [-0.15, -0.1) is 0 Å². The highest BCUT2D eigenvalue weighted by Gasteiger charge is 2.04. The first-order valence-electron chi connectivity index (χ1n) is 7.67. The monoisotopic (exact) mass is 395 g/mol. The highest BCUT2D eigenvalue weighted by molar-refractivity contribution is 7.90. The zero-order chi connectivity index (χ0) is 20.8. The number of benzene rings is 1. The van der Waals surface area contributed by atoms with Crippen molar-refractivity contribution in [3.8, 4) is 0 Å². The lowest BCUT2D eigenvalue weighted by molar-refractivity contribution is -0.115. The Kier molecular flexibility index (Phi) is 16.3. The Bertz CT molecular complexity index is 607. The van der Waals surface area contributed by atoms with Crippen molar-refractivity contribution in [2.24, 2.45) is 0 Å². The molecule has 25 heavy (non-hydrogen) atoms. The van der Waals surface area contributed by atoms with Crippen LogP contribution in [0.1, 0.15) is 26.3 Å². The third-order valence-electron chi connectivity index (χ3n) is 2.08. The van der Waals surface area contributed by atoms with Gasteiger partial charge in [-0.05, 0) is 53.5 Å². The number of rotatable bonds is 2. The SMILES string of the molecule is CC(C)=O.CCN(C)C.CP(C)(=O)O.Cc1ccc(S(C)(=O)=O)cc1. The van der Waals surface area contributed by atoms with Crippen LogP contribution in [-0.2, 0) is 19.2 Å². The van der Waals surface area contributed by atoms with Gasteiger partial charge in [-0.3, -0.25) is 4.57 Å². The molecule has 0 spiro atoms. The van der Waals surface area contributed by atoms with E-state index in [1.54, 1.807) is 24.3 Å². The number of ketones is 1. The van der Waals surface area contributed by atoms with Crippen molar-refractivity contribution in [2.75, 3.05) is 40.2 Å². The first-order chi connectivity index (χ1) is 11.0. The molecule has 0 bridgehead atoms. The molecule has 1 N–H and O–H groups in total. The van der Waals surface area contributed by atoms with E-state index in [0.717, 1.165) is 12.1 Å². The second kappa shape index (κ2) is 14.2. The fourth-order valence-corrected chi connectivity index (χ4v) is 1.42. The van der Waals surface area contributed by atoms with Gasteiger partial charge in [0, 0.05) is 19.6 Å². The average Bonchev–Trinajstić information content (AvgIpc) is 2.36. The molecule has 148 valence electrons. The summed E-state index contributed by atoms with van der Waals surface area (Å²) in [4.78, 5) is 20.0. The van der Waals surface area contributed by atoms with E-state index in [1.807, 2.05) is 6.92 Å². The molecule has 8 heteroatoms. The smallest absolute Gasteiger partial charge is 0.194 e. The van der Waals surface area contributed by atoms with Gasteiger partial charge in [0.2, 0.25) is 0 Å². The van der Waals surface area contributed by atoms with E-state index in [4.69, 9.17) is 4.89 Å². The van der Waals surface area contributed by atoms with Crippen molar-refractivity contribution in [1.82, 2.24) is 4.90 Å². The molecule has 0 saturated carbocycles. The van der Waals surface area contributed by atoms with Crippen LogP contribution in [-0.4, -0.2) is 64.2 Å². The maximum absolute atomic E-state index is 10.9. The van der Waals surface area contributed by atoms with Crippen LogP contribution in [0.2, 0.25) is 0 Å². The second-order valence-corrected chi connectivity index (χ2v) is 10.8. The van der Waals surface area contributed by atoms with Crippen molar-refractivity contribution in [1.29, 1.82) is 0 Å². The van der Waals surface area contributed by atoms with Gasteiger partial charge in [0.1, 0.15) is 5.78 Å². The quantitative estimate of drug-likeness (QED) is 0.774. The maximum atomic E-state index is 10.9. The van der Waals surface area contributed by atoms with Gasteiger partial charge in [0.05, 0.1) is 4.90 Å². The Morgan fingerprint density at radius 2 is 1.36 bits per heavy atom. The number of aryl methyl sites for hydroxylation is 1. The summed E-state index contributed by atoms with van der Waals surface area (Å²) >= 11 is 0. The molecule has 0 aliphatic rings. The number of nitrogens with zero attached hydrogens (tertiary/aromatic N) is 1. The van der Waals surface area contributed by atoms with E-state index in [2.05, 4.69) is 25.9 Å². The largest absolute Gasteiger partial charge is 0.345 e. The predicted molar refractivity (Wildman–Crippen MR) is 107 cm³/mol. The summed E-state index contributed by atoms with van der Waals surface area (Å²) < 4.78 is 31.7. The number of hydrogen-bond acceptors (Lipinski definition) is 5. The van der Waals surface area contributed by atoms with E-state index in [1.165, 1.54) is 33.4 Å². The number of carbonyl (C=O) groups excluding carboxylic acids is 1. The van der Waals surface area contributed by atoms with Gasteiger partial charge < -0.3 is 14.6 Å². The molecular formula is C17H34NO5PS. The minimum atomic E-state index is -3.02. The molecule has 1 rings (SSSR count). The molecule has 0 fully saturated rings. The van der Waals surface area contributed by atoms with Crippen molar-refractivity contribution in [2.45, 2.75) is 32.6 Å². The summed E-state index contributed by atoms with van der Waals surface area (Å²) in [6.45, 7) is 10.8. The molecule has 6 nitrogen and oxygen atoms in total. The lowest BCUT2D eigenvalue weighted by Gasteiger charge is -2.00. The molecule has 0 radical (unpaired) electrons. The number of carbonyl (C=O) groups is 1. The number of hydrogen-bond donors (Lipinski definition) is 1. The van der Waals surface area contributed by atoms with Crippen LogP contribution >= 0.6 is 7.37 Å². The van der Waals surface area contributed by atoms with Gasteiger partial charge >= 0.3 is 0 Å². The molecule has 0 aromatic heterocycles. The third kappa shape index (κ3) is 35.1. The Balaban J connectivity index is -0.000000292. The summed E-state index contributed by atoms with van der Waals surface area (Å²) in [5.41, 5.74) is 1.07. The van der Waals surface area contributed by atoms with E-state index >= 15 is 0 Å². The molecule has 0 aliphatic carbocycles. The highest BCUT2D eigenvalue weighted by atomic mass is 32.2. The summed E-state index contributed by atoms with van der Waals surface area (Å²) in [6, 6.07) is 6.81. The topological polar surface area (TPSA) is 91.8 Å². The van der Waals surface area contributed by atoms with Gasteiger partial charge in [-0.2, -0.15) is 0 Å². The average molecular weight is 396 g/mol. The summed E-state index contributed by atoms with van der Waals surface area (Å²) in [5.74, 6) is 0.167. The molecular weight excluding hydrogens is 361 g/mol. The van der Waals surface area contributed by atoms with E-state index in [9.17, 15) is 17.8 Å². The minimum absolute atomic E-state index is 0.167. The first kappa shape index (κ1) is 28.8. The van der Waals surface area contributed by atoms with Crippen LogP contribution in [0.3, 0.4) is 0 Å². The molecule has 1 aromatic rings. The normalized spacial score (nSPS) is 10.4. The molecule has 0 aliphatic heterocycles. The molecule has 0 unspecified atom stereocenters. The summed E-state index contributed by atoms with van der Waals surface area (Å²) in [7, 11) is -1.55. The molecule has 0 amide bonds. The Hall–Kier alpha value is -1.01. The minimum Gasteiger partial charge on any atom is -0.345 e. The first-order valence-corrected chi connectivity index (χ1v) is 12.1. The molecule has 0 atom stereocenters. The van der Waals surface area contributed by atoms with Crippen LogP contribution in [0.15, 0.2) is 29.2 Å². The Labute approximate surface area is 153 Å². The van der Waals surface area contributed by atoms with Crippen LogP contribution in [0.4, 0.5) is 0 Å². The predicted octanol–water partition coefficient (Wildman–Crippen LogP) is 3.08. The van der Waals surface area contributed by atoms with Gasteiger partial charge in [-0.1, -0.05) is 24.6 Å². The maximum Gasteiger partial charge on any atom is 0.194 e. The standard InChI is InChI=1S/C8H10O2S.C4H11N.C3H6O.C2H7O2P/c1-7-3-5-8(6-4-7)11(2,9)10;1-4-5(2)3;1-3(2)4;1-5(2,3)4/h3-6H,1-2H3;4H2,1-3H3;1-2H3;1-2H3,(H,3,4). The van der Waals surface area contributed by atoms with Crippen LogP contribution in [0.5, 0.6) is 0 Å². The Morgan fingerprint density at radius 3 is 1.52 bits per heavy atom. The van der Waals surface area contributed by atoms with Gasteiger partial charge in [0.15, 0.2) is 17.2 Å². The summed E-state index contributed by atoms with van der Waals surface area (Å²) in [5, 5.41) is 0. The Morgan fingerprint density at radius 1 is 1.12 bits per heavy atom. The fourth-order valence-electron chi connectivity index (χ4n) is 0.785. The van der Waals surface area contributed by atoms with Gasteiger partial charge in [0.25, 0.3) is 0 Å². The van der Waals surface area contributed by atoms with Crippen LogP contribution in [0.25, 0.3) is 0 Å². The number of Topliss-reactive ketones (excluding diaryl/α,β-unsaturated/α-hetero) is 1. The van der Waals surface area contributed by atoms with E-state index < -0.39 is 17.2 Å². The van der Waals surface area contributed by atoms with Crippen molar-refractivity contribution < 1.29 is 22.7 Å². The van der Waals surface area contributed by atoms with E-state index in [-0.39, 0.29) is 5.78 Å². The molecule has 0 heterocycles. The summed E-state index contributed by atoms with van der Waals surface area (Å²) in [6.07, 6.45) is 1.21. The molecule has 1 aromatic carbocycles. The zero-order valence-electron chi connectivity index (χ0n) is 16.9. The van der Waals surface area contributed by atoms with Gasteiger partial charge in [-0.25, -0.2) is 8.42 Å². The zero-order valence-corrected chi connectivity index (χ0v) is 18.6. The second-order valence-electron chi connectivity index (χ2n) is 6.18. The van der Waals surface area contributed by atoms with E-state index in [0.29, 0.717) is 4.90 Å². The van der Waals surface area contributed by atoms with Crippen molar-refractivity contribution in [3.05, 3.63) is 29.8 Å². The van der Waals surface area contributed by atoms with Crippen molar-refractivity contribution >= 4 is 23.0 Å². The highest BCUT2D eigenvalue weighted by Crippen LogP contribution is 2.27. The van der Waals surface area contributed by atoms with Crippen LogP contribution < -0.4 is 0 Å². The fraction of sp³-hybridized carbons (Fsp3) is 0.588. The lowest BCUT2D eigenvalue weighted by atomic mass is 10.2.